The zero-order chi connectivity index (χ0) is 26.1. The van der Waals surface area contributed by atoms with Crippen LogP contribution in [0.2, 0.25) is 0 Å². The fourth-order valence-corrected chi connectivity index (χ4v) is 5.31. The maximum Gasteiger partial charge on any atom is 0.254 e. The van der Waals surface area contributed by atoms with Crippen molar-refractivity contribution in [1.82, 2.24) is 5.32 Å². The molecule has 1 amide bonds. The van der Waals surface area contributed by atoms with Crippen LogP contribution in [-0.4, -0.2) is 18.8 Å². The molecule has 0 saturated heterocycles. The number of amides is 1. The van der Waals surface area contributed by atoms with Crippen molar-refractivity contribution in [3.05, 3.63) is 118 Å². The van der Waals surface area contributed by atoms with Crippen LogP contribution >= 0.6 is 0 Å². The van der Waals surface area contributed by atoms with Crippen LogP contribution in [0, 0.1) is 11.6 Å². The van der Waals surface area contributed by atoms with E-state index in [0.29, 0.717) is 29.0 Å². The lowest BCUT2D eigenvalue weighted by molar-refractivity contribution is -0.116. The van der Waals surface area contributed by atoms with Gasteiger partial charge in [0.1, 0.15) is 23.1 Å². The molecule has 0 spiro atoms. The molecule has 2 atom stereocenters. The van der Waals surface area contributed by atoms with Crippen LogP contribution in [-0.2, 0) is 9.59 Å². The Hall–Kier alpha value is -4.26. The first-order valence-corrected chi connectivity index (χ1v) is 12.1. The molecule has 0 radical (unpaired) electrons. The van der Waals surface area contributed by atoms with E-state index in [9.17, 15) is 18.4 Å². The lowest BCUT2D eigenvalue weighted by atomic mass is 9.71. The van der Waals surface area contributed by atoms with Gasteiger partial charge >= 0.3 is 0 Å². The predicted octanol–water partition coefficient (Wildman–Crippen LogP) is 5.97. The van der Waals surface area contributed by atoms with E-state index < -0.39 is 29.1 Å². The number of ketones is 1. The number of halogens is 2. The molecular formula is C30H26F2N2O3. The largest absolute Gasteiger partial charge is 0.496 e. The number of rotatable bonds is 5. The normalized spacial score (nSPS) is 19.3. The topological polar surface area (TPSA) is 67.4 Å². The molecular weight excluding hydrogens is 474 g/mol. The van der Waals surface area contributed by atoms with Gasteiger partial charge in [0.25, 0.3) is 5.91 Å². The van der Waals surface area contributed by atoms with Gasteiger partial charge in [0.05, 0.1) is 13.0 Å². The van der Waals surface area contributed by atoms with Crippen molar-refractivity contribution < 1.29 is 23.1 Å². The second-order valence-corrected chi connectivity index (χ2v) is 9.22. The average Bonchev–Trinajstić information content (AvgIpc) is 2.90. The van der Waals surface area contributed by atoms with Gasteiger partial charge in [-0.25, -0.2) is 8.78 Å². The van der Waals surface area contributed by atoms with E-state index in [-0.39, 0.29) is 23.7 Å². The number of Topliss-reactive ketones (excluding diaryl/α,β-unsaturated/α-hetero) is 1. The summed E-state index contributed by atoms with van der Waals surface area (Å²) in [6.45, 7) is 1.73. The van der Waals surface area contributed by atoms with Gasteiger partial charge in [-0.05, 0) is 43.0 Å². The second-order valence-electron chi connectivity index (χ2n) is 9.22. The maximum absolute atomic E-state index is 14.4. The van der Waals surface area contributed by atoms with Gasteiger partial charge in [-0.1, -0.05) is 54.6 Å². The Morgan fingerprint density at radius 1 is 0.946 bits per heavy atom. The number of carbonyl (C=O) groups excluding carboxylic acids is 2. The number of carbonyl (C=O) groups is 2. The molecule has 5 rings (SSSR count). The fraction of sp³-hybridized carbons (Fsp3) is 0.200. The fourth-order valence-electron chi connectivity index (χ4n) is 5.31. The van der Waals surface area contributed by atoms with Crippen molar-refractivity contribution in [2.75, 3.05) is 12.4 Å². The van der Waals surface area contributed by atoms with Crippen LogP contribution in [0.4, 0.5) is 14.5 Å². The number of allylic oxidation sites excluding steroid dienone is 3. The number of nitrogens with one attached hydrogen (secondary N) is 2. The number of anilines is 1. The molecule has 1 aliphatic carbocycles. The Bertz CT molecular complexity index is 1430. The number of dihydropyridines is 1. The van der Waals surface area contributed by atoms with Crippen LogP contribution in [0.1, 0.15) is 42.7 Å². The first-order chi connectivity index (χ1) is 17.9. The van der Waals surface area contributed by atoms with Crippen molar-refractivity contribution in [2.45, 2.75) is 31.6 Å². The van der Waals surface area contributed by atoms with Gasteiger partial charge < -0.3 is 15.4 Å². The molecule has 5 nitrogen and oxygen atoms in total. The first-order valence-electron chi connectivity index (χ1n) is 12.1. The molecule has 2 N–H and O–H groups in total. The Morgan fingerprint density at radius 3 is 2.32 bits per heavy atom. The Morgan fingerprint density at radius 2 is 1.62 bits per heavy atom. The standard InChI is InChI=1S/C30H26F2N2O3/c1-17-26(30(36)34-29-21(31)12-8-13-22(29)32)27(20-11-6-7-14-25(20)37-2)28-23(33-17)15-19(16-24(28)35)18-9-4-3-5-10-18/h3-14,19,27,33H,15-16H2,1-2H3,(H,34,36)/t19-,27+/m1/s1. The van der Waals surface area contributed by atoms with Crippen molar-refractivity contribution in [3.63, 3.8) is 0 Å². The quantitative estimate of drug-likeness (QED) is 0.453. The summed E-state index contributed by atoms with van der Waals surface area (Å²) in [4.78, 5) is 27.3. The summed E-state index contributed by atoms with van der Waals surface area (Å²) in [5, 5.41) is 5.68. The van der Waals surface area contributed by atoms with E-state index in [4.69, 9.17) is 4.74 Å². The van der Waals surface area contributed by atoms with E-state index in [1.165, 1.54) is 13.2 Å². The van der Waals surface area contributed by atoms with Gasteiger partial charge in [0.15, 0.2) is 5.78 Å². The summed E-state index contributed by atoms with van der Waals surface area (Å²) in [6, 6.07) is 20.4. The molecule has 0 unspecified atom stereocenters. The summed E-state index contributed by atoms with van der Waals surface area (Å²) < 4.78 is 34.4. The Balaban J connectivity index is 1.61. The zero-order valence-corrected chi connectivity index (χ0v) is 20.5. The van der Waals surface area contributed by atoms with Crippen molar-refractivity contribution in [2.24, 2.45) is 0 Å². The Kier molecular flexibility index (Phi) is 6.61. The smallest absolute Gasteiger partial charge is 0.254 e. The number of hydrogen-bond donors (Lipinski definition) is 2. The van der Waals surface area contributed by atoms with Crippen molar-refractivity contribution in [3.8, 4) is 5.75 Å². The van der Waals surface area contributed by atoms with E-state index in [0.717, 1.165) is 23.4 Å². The number of hydrogen-bond acceptors (Lipinski definition) is 4. The SMILES string of the molecule is COc1ccccc1[C@H]1C(C(=O)Nc2c(F)cccc2F)=C(C)NC2=C1C(=O)C[C@H](c1ccccc1)C2. The summed E-state index contributed by atoms with van der Waals surface area (Å²) >= 11 is 0. The average molecular weight is 501 g/mol. The summed E-state index contributed by atoms with van der Waals surface area (Å²) in [6.07, 6.45) is 0.872. The van der Waals surface area contributed by atoms with E-state index >= 15 is 0 Å². The molecule has 37 heavy (non-hydrogen) atoms. The molecule has 0 bridgehead atoms. The van der Waals surface area contributed by atoms with Crippen LogP contribution in [0.15, 0.2) is 95.3 Å². The molecule has 1 aliphatic heterocycles. The third-order valence-corrected chi connectivity index (χ3v) is 6.99. The predicted molar refractivity (Wildman–Crippen MR) is 137 cm³/mol. The molecule has 0 fully saturated rings. The van der Waals surface area contributed by atoms with E-state index in [1.54, 1.807) is 25.1 Å². The molecule has 7 heteroatoms. The third-order valence-electron chi connectivity index (χ3n) is 6.99. The highest BCUT2D eigenvalue weighted by Crippen LogP contribution is 2.47. The number of benzene rings is 3. The van der Waals surface area contributed by atoms with Gasteiger partial charge in [-0.15, -0.1) is 0 Å². The minimum Gasteiger partial charge on any atom is -0.496 e. The molecule has 0 aromatic heterocycles. The molecule has 1 heterocycles. The van der Waals surface area contributed by atoms with E-state index in [1.807, 2.05) is 36.4 Å². The highest BCUT2D eigenvalue weighted by molar-refractivity contribution is 6.10. The van der Waals surface area contributed by atoms with E-state index in [2.05, 4.69) is 10.6 Å². The minimum absolute atomic E-state index is 0.00560. The van der Waals surface area contributed by atoms with Crippen LogP contribution < -0.4 is 15.4 Å². The van der Waals surface area contributed by atoms with Crippen molar-refractivity contribution >= 4 is 17.4 Å². The maximum atomic E-state index is 14.4. The number of ether oxygens (including phenoxy) is 1. The van der Waals surface area contributed by atoms with Crippen LogP contribution in [0.25, 0.3) is 0 Å². The lowest BCUT2D eigenvalue weighted by Crippen LogP contribution is -2.37. The molecule has 2 aliphatic rings. The van der Waals surface area contributed by atoms with Crippen LogP contribution in [0.5, 0.6) is 5.75 Å². The first kappa shape index (κ1) is 24.4. The Labute approximate surface area is 213 Å². The zero-order valence-electron chi connectivity index (χ0n) is 20.5. The summed E-state index contributed by atoms with van der Waals surface area (Å²) in [7, 11) is 1.52. The second kappa shape index (κ2) is 10.0. The molecule has 3 aromatic rings. The van der Waals surface area contributed by atoms with Crippen molar-refractivity contribution in [1.29, 1.82) is 0 Å². The minimum atomic E-state index is -0.886. The molecule has 3 aromatic carbocycles. The molecule has 188 valence electrons. The summed E-state index contributed by atoms with van der Waals surface area (Å²) in [5.41, 5.74) is 3.09. The number of methoxy groups -OCH3 is 1. The summed E-state index contributed by atoms with van der Waals surface area (Å²) in [5.74, 6) is -2.83. The van der Waals surface area contributed by atoms with Crippen LogP contribution in [0.3, 0.4) is 0 Å². The highest BCUT2D eigenvalue weighted by atomic mass is 19.1. The lowest BCUT2D eigenvalue weighted by Gasteiger charge is -2.37. The molecule has 0 saturated carbocycles. The van der Waals surface area contributed by atoms with Gasteiger partial charge in [-0.3, -0.25) is 9.59 Å². The third kappa shape index (κ3) is 4.53. The highest BCUT2D eigenvalue weighted by Gasteiger charge is 2.42. The monoisotopic (exact) mass is 500 g/mol. The van der Waals surface area contributed by atoms with Gasteiger partial charge in [-0.2, -0.15) is 0 Å². The van der Waals surface area contributed by atoms with Gasteiger partial charge in [0.2, 0.25) is 0 Å². The number of para-hydroxylation sites is 2. The van der Waals surface area contributed by atoms with Gasteiger partial charge in [0, 0.05) is 34.5 Å².